The van der Waals surface area contributed by atoms with E-state index in [0.29, 0.717) is 57.4 Å². The largest absolute Gasteiger partial charge is 0.494 e. The maximum atomic E-state index is 13.4. The van der Waals surface area contributed by atoms with Crippen molar-refractivity contribution in [2.45, 2.75) is 62.5 Å². The van der Waals surface area contributed by atoms with Crippen molar-refractivity contribution in [3.05, 3.63) is 144 Å². The van der Waals surface area contributed by atoms with Crippen molar-refractivity contribution in [3.63, 3.8) is 0 Å². The number of aryl methyl sites for hydroxylation is 2. The summed E-state index contributed by atoms with van der Waals surface area (Å²) in [7, 11) is -1.50. The normalized spacial score (nSPS) is 12.4. The lowest BCUT2D eigenvalue weighted by molar-refractivity contribution is 0.390. The molecule has 0 aliphatic rings. The van der Waals surface area contributed by atoms with Gasteiger partial charge >= 0.3 is 0 Å². The van der Waals surface area contributed by atoms with Gasteiger partial charge in [-0.15, -0.1) is 20.4 Å². The summed E-state index contributed by atoms with van der Waals surface area (Å²) in [5, 5.41) is 15.3. The molecule has 0 aliphatic heterocycles. The molecule has 376 valence electrons. The van der Waals surface area contributed by atoms with Crippen LogP contribution in [0.1, 0.15) is 48.5 Å². The van der Waals surface area contributed by atoms with Gasteiger partial charge in [-0.1, -0.05) is 24.3 Å². The van der Waals surface area contributed by atoms with E-state index in [4.69, 9.17) is 18.9 Å². The summed E-state index contributed by atoms with van der Waals surface area (Å²) in [4.78, 5) is 24.6. The summed E-state index contributed by atoms with van der Waals surface area (Å²) < 4.78 is 105. The van der Waals surface area contributed by atoms with E-state index in [9.17, 15) is 25.6 Å². The van der Waals surface area contributed by atoms with E-state index in [1.165, 1.54) is 28.4 Å². The molecular formula is C48H50F2N12O8S2. The summed E-state index contributed by atoms with van der Waals surface area (Å²) in [6, 6.07) is 21.3. The zero-order valence-corrected chi connectivity index (χ0v) is 42.1. The standard InChI is InChI=1S/2C24H25FN6O4S/c2*1-15-7-5-8-18(28-15)24-30-29-22(31(24)23-19(34-3)9-6-10-20(23)35-4)14-36(32,33)16(2)11-21-26-12-17(25)13-27-21/h2*5-10,12-13,16H,11,14H2,1-4H3/t2*16-/m10/s1. The van der Waals surface area contributed by atoms with E-state index < -0.39 is 53.3 Å². The molecule has 0 radical (unpaired) electrons. The minimum absolute atomic E-state index is 0.0149. The molecule has 0 spiro atoms. The second kappa shape index (κ2) is 22.5. The number of pyridine rings is 2. The van der Waals surface area contributed by atoms with Crippen LogP contribution in [0.15, 0.2) is 97.6 Å². The number of hydrogen-bond donors (Lipinski definition) is 0. The van der Waals surface area contributed by atoms with Crippen molar-refractivity contribution in [2.75, 3.05) is 28.4 Å². The molecule has 0 aliphatic carbocycles. The van der Waals surface area contributed by atoms with Crippen molar-refractivity contribution < 1.29 is 44.6 Å². The Morgan fingerprint density at radius 3 is 1.12 bits per heavy atom. The fourth-order valence-corrected chi connectivity index (χ4v) is 9.83. The van der Waals surface area contributed by atoms with Crippen LogP contribution >= 0.6 is 0 Å². The molecule has 0 amide bonds. The Morgan fingerprint density at radius 2 is 0.819 bits per heavy atom. The Hall–Kier alpha value is -7.86. The Morgan fingerprint density at radius 1 is 0.500 bits per heavy atom. The van der Waals surface area contributed by atoms with Gasteiger partial charge in [-0.2, -0.15) is 0 Å². The number of sulfone groups is 2. The molecule has 2 atom stereocenters. The predicted octanol–water partition coefficient (Wildman–Crippen LogP) is 6.26. The first-order valence-corrected chi connectivity index (χ1v) is 25.4. The first kappa shape index (κ1) is 52.0. The van der Waals surface area contributed by atoms with Gasteiger partial charge in [0.2, 0.25) is 0 Å². The Labute approximate surface area is 414 Å². The van der Waals surface area contributed by atoms with Crippen molar-refractivity contribution in [2.24, 2.45) is 0 Å². The molecule has 6 aromatic heterocycles. The lowest BCUT2D eigenvalue weighted by atomic mass is 10.2. The molecule has 8 rings (SSSR count). The molecule has 0 N–H and O–H groups in total. The summed E-state index contributed by atoms with van der Waals surface area (Å²) in [6.07, 6.45) is 4.06. The van der Waals surface area contributed by atoms with E-state index in [1.54, 1.807) is 71.5 Å². The molecule has 0 fully saturated rings. The highest BCUT2D eigenvalue weighted by Crippen LogP contribution is 2.38. The van der Waals surface area contributed by atoms with Gasteiger partial charge in [0.25, 0.3) is 0 Å². The van der Waals surface area contributed by atoms with Gasteiger partial charge in [0, 0.05) is 24.2 Å². The third kappa shape index (κ3) is 11.8. The quantitative estimate of drug-likeness (QED) is 0.0920. The van der Waals surface area contributed by atoms with Gasteiger partial charge in [-0.3, -0.25) is 9.13 Å². The van der Waals surface area contributed by atoms with Crippen molar-refractivity contribution in [3.8, 4) is 57.4 Å². The smallest absolute Gasteiger partial charge is 0.187 e. The van der Waals surface area contributed by atoms with E-state index in [-0.39, 0.29) is 36.1 Å². The van der Waals surface area contributed by atoms with Crippen LogP contribution in [-0.4, -0.2) is 115 Å². The van der Waals surface area contributed by atoms with Gasteiger partial charge in [0.1, 0.15) is 68.9 Å². The molecule has 72 heavy (non-hydrogen) atoms. The Kier molecular flexibility index (Phi) is 16.2. The van der Waals surface area contributed by atoms with Gasteiger partial charge < -0.3 is 18.9 Å². The topological polar surface area (TPSA) is 244 Å². The Balaban J connectivity index is 0.000000211. The molecule has 0 bridgehead atoms. The first-order valence-electron chi connectivity index (χ1n) is 22.0. The number of halogens is 2. The first-order chi connectivity index (χ1) is 34.5. The van der Waals surface area contributed by atoms with Gasteiger partial charge in [-0.25, -0.2) is 55.5 Å². The average Bonchev–Trinajstić information content (AvgIpc) is 3.97. The van der Waals surface area contributed by atoms with Crippen molar-refractivity contribution >= 4 is 19.7 Å². The van der Waals surface area contributed by atoms with Crippen LogP contribution in [0, 0.1) is 25.5 Å². The van der Waals surface area contributed by atoms with E-state index >= 15 is 0 Å². The predicted molar refractivity (Wildman–Crippen MR) is 260 cm³/mol. The van der Waals surface area contributed by atoms with Gasteiger partial charge in [-0.05, 0) is 76.2 Å². The highest BCUT2D eigenvalue weighted by Gasteiger charge is 2.31. The molecule has 2 aromatic carbocycles. The molecule has 8 aromatic rings. The van der Waals surface area contributed by atoms with Crippen molar-refractivity contribution in [1.29, 1.82) is 0 Å². The molecule has 24 heteroatoms. The lowest BCUT2D eigenvalue weighted by Crippen LogP contribution is -2.24. The summed E-state index contributed by atoms with van der Waals surface area (Å²) in [6.45, 7) is 6.79. The maximum absolute atomic E-state index is 13.4. The summed E-state index contributed by atoms with van der Waals surface area (Å²) in [5.41, 5.74) is 3.43. The average molecular weight is 1030 g/mol. The highest BCUT2D eigenvalue weighted by atomic mass is 32.2. The third-order valence-corrected chi connectivity index (χ3v) is 15.2. The fourth-order valence-electron chi connectivity index (χ4n) is 7.36. The van der Waals surface area contributed by atoms with Crippen molar-refractivity contribution in [1.82, 2.24) is 59.4 Å². The van der Waals surface area contributed by atoms with E-state index in [2.05, 4.69) is 50.3 Å². The zero-order valence-electron chi connectivity index (χ0n) is 40.4. The van der Waals surface area contributed by atoms with Gasteiger partial charge in [0.15, 0.2) is 54.6 Å². The minimum Gasteiger partial charge on any atom is -0.494 e. The number of benzene rings is 2. The van der Waals surface area contributed by atoms with E-state index in [0.717, 1.165) is 36.2 Å². The van der Waals surface area contributed by atoms with Crippen LogP contribution in [0.4, 0.5) is 8.78 Å². The number of ether oxygens (including phenoxy) is 4. The van der Waals surface area contributed by atoms with Crippen LogP contribution < -0.4 is 18.9 Å². The lowest BCUT2D eigenvalue weighted by Gasteiger charge is -2.18. The number of para-hydroxylation sites is 2. The third-order valence-electron chi connectivity index (χ3n) is 11.1. The number of nitrogens with zero attached hydrogens (tertiary/aromatic N) is 12. The molecule has 0 unspecified atom stereocenters. The molecular weight excluding hydrogens is 975 g/mol. The molecule has 20 nitrogen and oxygen atoms in total. The monoisotopic (exact) mass is 1020 g/mol. The Bertz CT molecular complexity index is 3130. The second-order valence-corrected chi connectivity index (χ2v) is 21.0. The highest BCUT2D eigenvalue weighted by molar-refractivity contribution is 7.91. The van der Waals surface area contributed by atoms with Crippen LogP contribution in [0.3, 0.4) is 0 Å². The molecule has 0 saturated carbocycles. The van der Waals surface area contributed by atoms with Crippen LogP contribution in [-0.2, 0) is 44.0 Å². The number of hydrogen-bond acceptors (Lipinski definition) is 18. The van der Waals surface area contributed by atoms with Gasteiger partial charge in [0.05, 0.1) is 63.7 Å². The summed E-state index contributed by atoms with van der Waals surface area (Å²) >= 11 is 0. The minimum atomic E-state index is -3.77. The number of aromatic nitrogens is 12. The van der Waals surface area contributed by atoms with Crippen LogP contribution in [0.5, 0.6) is 23.0 Å². The number of rotatable bonds is 18. The van der Waals surface area contributed by atoms with Crippen LogP contribution in [0.25, 0.3) is 34.4 Å². The fraction of sp³-hybridized carbons (Fsp3) is 0.292. The van der Waals surface area contributed by atoms with Crippen LogP contribution in [0.2, 0.25) is 0 Å². The maximum Gasteiger partial charge on any atom is 0.187 e. The second-order valence-electron chi connectivity index (χ2n) is 16.2. The molecule has 6 heterocycles. The zero-order chi connectivity index (χ0) is 51.7. The SMILES string of the molecule is COc1cccc(OC)c1-n1c(CS(=O)(=O)[C@@H](C)Cc2ncc(F)cn2)nnc1-c1cccc(C)n1.COc1cccc(OC)c1-n1c(CS(=O)(=O)[C@H](C)Cc2ncc(F)cn2)nnc1-c1cccc(C)n1. The number of methoxy groups -OCH3 is 4. The molecule has 0 saturated heterocycles. The summed E-state index contributed by atoms with van der Waals surface area (Å²) in [5.74, 6) is 1.14. The van der Waals surface area contributed by atoms with E-state index in [1.807, 2.05) is 38.1 Å².